The van der Waals surface area contributed by atoms with Gasteiger partial charge in [-0.05, 0) is 43.1 Å². The molecule has 0 heterocycles. The van der Waals surface area contributed by atoms with E-state index in [2.05, 4.69) is 12.3 Å². The summed E-state index contributed by atoms with van der Waals surface area (Å²) in [5.41, 5.74) is 4.55. The lowest BCUT2D eigenvalue weighted by molar-refractivity contribution is 0.457. The van der Waals surface area contributed by atoms with E-state index in [1.54, 1.807) is 0 Å². The smallest absolute Gasteiger partial charge is 0.0213 e. The molecule has 0 bridgehead atoms. The summed E-state index contributed by atoms with van der Waals surface area (Å²) in [4.78, 5) is 0. The molecule has 0 aromatic rings. The van der Waals surface area contributed by atoms with Crippen LogP contribution < -0.4 is 0 Å². The second kappa shape index (κ2) is 2.29. The van der Waals surface area contributed by atoms with Crippen LogP contribution in [0.25, 0.3) is 0 Å². The first-order valence-corrected chi connectivity index (χ1v) is 4.28. The molecular formula is C10H14. The monoisotopic (exact) mass is 134 g/mol. The van der Waals surface area contributed by atoms with E-state index >= 15 is 0 Å². The zero-order valence-electron chi connectivity index (χ0n) is 6.40. The van der Waals surface area contributed by atoms with Crippen LogP contribution in [0.2, 0.25) is 0 Å². The lowest BCUT2D eigenvalue weighted by Crippen LogP contribution is -1.95. The summed E-state index contributed by atoms with van der Waals surface area (Å²) in [5.74, 6) is 2.04. The van der Waals surface area contributed by atoms with E-state index in [0.29, 0.717) is 0 Å². The molecule has 0 spiro atoms. The van der Waals surface area contributed by atoms with E-state index in [0.717, 1.165) is 11.8 Å². The molecule has 2 aliphatic carbocycles. The van der Waals surface area contributed by atoms with Crippen molar-refractivity contribution in [2.45, 2.75) is 32.1 Å². The van der Waals surface area contributed by atoms with Gasteiger partial charge in [0, 0.05) is 0 Å². The average molecular weight is 134 g/mol. The predicted molar refractivity (Wildman–Crippen MR) is 42.7 cm³/mol. The van der Waals surface area contributed by atoms with Crippen LogP contribution in [0, 0.1) is 11.8 Å². The maximum absolute atomic E-state index is 3.71. The van der Waals surface area contributed by atoms with Gasteiger partial charge in [0.2, 0.25) is 0 Å². The van der Waals surface area contributed by atoms with Gasteiger partial charge in [-0.25, -0.2) is 0 Å². The normalized spacial score (nSPS) is 37.8. The van der Waals surface area contributed by atoms with Crippen LogP contribution in [0.3, 0.4) is 0 Å². The Hall–Kier alpha value is -0.480. The maximum atomic E-state index is 3.71. The molecule has 0 saturated heterocycles. The number of hydrogen-bond acceptors (Lipinski definition) is 0. The fourth-order valence-electron chi connectivity index (χ4n) is 2.51. The molecule has 0 aliphatic heterocycles. The zero-order chi connectivity index (χ0) is 6.97. The summed E-state index contributed by atoms with van der Waals surface area (Å²) in [5, 5.41) is 0. The zero-order valence-corrected chi connectivity index (χ0v) is 6.40. The Balaban J connectivity index is 2.13. The Bertz CT molecular complexity index is 170. The van der Waals surface area contributed by atoms with Crippen molar-refractivity contribution >= 4 is 0 Å². The van der Waals surface area contributed by atoms with Gasteiger partial charge in [-0.3, -0.25) is 0 Å². The van der Waals surface area contributed by atoms with Gasteiger partial charge in [0.1, 0.15) is 0 Å². The second-order valence-electron chi connectivity index (χ2n) is 3.64. The van der Waals surface area contributed by atoms with Crippen LogP contribution >= 0.6 is 0 Å². The van der Waals surface area contributed by atoms with E-state index in [1.165, 1.54) is 37.7 Å². The van der Waals surface area contributed by atoms with E-state index < -0.39 is 0 Å². The van der Waals surface area contributed by atoms with E-state index in [-0.39, 0.29) is 0 Å². The number of allylic oxidation sites excluding steroid dienone is 1. The fourth-order valence-corrected chi connectivity index (χ4v) is 2.51. The topological polar surface area (TPSA) is 0 Å². The molecule has 10 heavy (non-hydrogen) atoms. The molecule has 0 N–H and O–H groups in total. The molecule has 0 aromatic carbocycles. The van der Waals surface area contributed by atoms with Crippen molar-refractivity contribution in [3.05, 3.63) is 17.9 Å². The average Bonchev–Trinajstić information content (AvgIpc) is 2.42. The van der Waals surface area contributed by atoms with Gasteiger partial charge < -0.3 is 0 Å². The Morgan fingerprint density at radius 1 is 1.20 bits per heavy atom. The van der Waals surface area contributed by atoms with Gasteiger partial charge in [0.15, 0.2) is 0 Å². The van der Waals surface area contributed by atoms with Gasteiger partial charge in [-0.15, -0.1) is 5.73 Å². The lowest BCUT2D eigenvalue weighted by atomic mass is 10.0. The van der Waals surface area contributed by atoms with Crippen LogP contribution in [0.15, 0.2) is 17.9 Å². The Morgan fingerprint density at radius 3 is 2.30 bits per heavy atom. The van der Waals surface area contributed by atoms with Crippen molar-refractivity contribution in [3.63, 3.8) is 0 Å². The molecule has 0 nitrogen and oxygen atoms in total. The van der Waals surface area contributed by atoms with Gasteiger partial charge in [-0.1, -0.05) is 13.0 Å². The van der Waals surface area contributed by atoms with Crippen molar-refractivity contribution in [1.82, 2.24) is 0 Å². The third-order valence-corrected chi connectivity index (χ3v) is 3.08. The van der Waals surface area contributed by atoms with Gasteiger partial charge >= 0.3 is 0 Å². The number of fused-ring (bicyclic) bond motifs is 1. The van der Waals surface area contributed by atoms with Crippen LogP contribution in [0.5, 0.6) is 0 Å². The first-order valence-electron chi connectivity index (χ1n) is 4.28. The van der Waals surface area contributed by atoms with Crippen molar-refractivity contribution in [2.24, 2.45) is 11.8 Å². The van der Waals surface area contributed by atoms with Crippen LogP contribution in [0.1, 0.15) is 32.1 Å². The first-order chi connectivity index (χ1) is 4.90. The van der Waals surface area contributed by atoms with Crippen LogP contribution in [-0.2, 0) is 0 Å². The second-order valence-corrected chi connectivity index (χ2v) is 3.64. The third-order valence-electron chi connectivity index (χ3n) is 3.08. The first kappa shape index (κ1) is 6.24. The molecule has 2 aliphatic rings. The molecule has 0 radical (unpaired) electrons. The SMILES string of the molecule is C=C=C1CC2CCCC2C1. The number of rotatable bonds is 0. The summed E-state index contributed by atoms with van der Waals surface area (Å²) >= 11 is 0. The molecule has 2 unspecified atom stereocenters. The Kier molecular flexibility index (Phi) is 1.43. The highest BCUT2D eigenvalue weighted by atomic mass is 14.4. The van der Waals surface area contributed by atoms with Crippen LogP contribution in [0.4, 0.5) is 0 Å². The minimum Gasteiger partial charge on any atom is -0.130 e. The molecular weight excluding hydrogens is 120 g/mol. The molecule has 2 fully saturated rings. The maximum Gasteiger partial charge on any atom is -0.0213 e. The standard InChI is InChI=1S/C10H14/c1-2-8-6-9-4-3-5-10(9)7-8/h9-10H,1,3-7H2. The minimum atomic E-state index is 1.02. The minimum absolute atomic E-state index is 1.02. The molecule has 2 atom stereocenters. The molecule has 0 heteroatoms. The highest BCUT2D eigenvalue weighted by Crippen LogP contribution is 2.45. The summed E-state index contributed by atoms with van der Waals surface area (Å²) < 4.78 is 0. The molecule has 2 saturated carbocycles. The fraction of sp³-hybridized carbons (Fsp3) is 0.700. The van der Waals surface area contributed by atoms with E-state index in [4.69, 9.17) is 0 Å². The summed E-state index contributed by atoms with van der Waals surface area (Å²) in [6.07, 6.45) is 7.04. The third kappa shape index (κ3) is 0.839. The lowest BCUT2D eigenvalue weighted by Gasteiger charge is -2.03. The number of hydrogen-bond donors (Lipinski definition) is 0. The summed E-state index contributed by atoms with van der Waals surface area (Å²) in [6.45, 7) is 3.71. The molecule has 0 aromatic heterocycles. The van der Waals surface area contributed by atoms with Crippen LogP contribution in [-0.4, -0.2) is 0 Å². The van der Waals surface area contributed by atoms with E-state index in [1.807, 2.05) is 0 Å². The van der Waals surface area contributed by atoms with Gasteiger partial charge in [0.25, 0.3) is 0 Å². The Morgan fingerprint density at radius 2 is 1.80 bits per heavy atom. The van der Waals surface area contributed by atoms with E-state index in [9.17, 15) is 0 Å². The largest absolute Gasteiger partial charge is 0.130 e. The quantitative estimate of drug-likeness (QED) is 0.447. The highest BCUT2D eigenvalue weighted by molar-refractivity contribution is 5.10. The van der Waals surface area contributed by atoms with Crippen molar-refractivity contribution in [3.8, 4) is 0 Å². The molecule has 0 amide bonds. The Labute approximate surface area is 62.6 Å². The highest BCUT2D eigenvalue weighted by Gasteiger charge is 2.33. The van der Waals surface area contributed by atoms with Crippen molar-refractivity contribution < 1.29 is 0 Å². The summed E-state index contributed by atoms with van der Waals surface area (Å²) in [7, 11) is 0. The van der Waals surface area contributed by atoms with Crippen molar-refractivity contribution in [2.75, 3.05) is 0 Å². The van der Waals surface area contributed by atoms with Gasteiger partial charge in [0.05, 0.1) is 0 Å². The van der Waals surface area contributed by atoms with Gasteiger partial charge in [-0.2, -0.15) is 0 Å². The molecule has 2 rings (SSSR count). The predicted octanol–water partition coefficient (Wildman–Crippen LogP) is 2.91. The molecule has 54 valence electrons. The van der Waals surface area contributed by atoms with Crippen molar-refractivity contribution in [1.29, 1.82) is 0 Å². The summed E-state index contributed by atoms with van der Waals surface area (Å²) in [6, 6.07) is 0.